The minimum absolute atomic E-state index is 0.00198. The second kappa shape index (κ2) is 8.07. The number of carbonyl (C=O) groups excluding carboxylic acids is 1. The van der Waals surface area contributed by atoms with Crippen molar-refractivity contribution < 1.29 is 18.0 Å². The number of halogens is 3. The van der Waals surface area contributed by atoms with E-state index in [0.717, 1.165) is 0 Å². The molecule has 1 atom stereocenters. The Morgan fingerprint density at radius 3 is 2.33 bits per heavy atom. The van der Waals surface area contributed by atoms with Crippen LogP contribution < -0.4 is 10.6 Å². The molecule has 0 saturated carbocycles. The molecule has 0 saturated heterocycles. The minimum atomic E-state index is -2.90. The number of ketones is 1. The van der Waals surface area contributed by atoms with Gasteiger partial charge in [-0.25, -0.2) is 13.2 Å². The summed E-state index contributed by atoms with van der Waals surface area (Å²) in [6.07, 6.45) is 0.314. The number of hydrogen-bond donors (Lipinski definition) is 2. The number of aromatic nitrogens is 3. The molecule has 1 unspecified atom stereocenters. The monoisotopic (exact) mass is 343 g/mol. The van der Waals surface area contributed by atoms with Crippen LogP contribution in [-0.2, 0) is 4.79 Å². The summed E-state index contributed by atoms with van der Waals surface area (Å²) >= 11 is 0. The second-order valence-corrected chi connectivity index (χ2v) is 5.83. The summed E-state index contributed by atoms with van der Waals surface area (Å²) in [6, 6.07) is -1.70. The van der Waals surface area contributed by atoms with Gasteiger partial charge in [-0.1, -0.05) is 0 Å². The molecule has 1 heterocycles. The maximum absolute atomic E-state index is 12.8. The van der Waals surface area contributed by atoms with Crippen LogP contribution >= 0.6 is 0 Å². The molecule has 0 amide bonds. The highest BCUT2D eigenvalue weighted by atomic mass is 19.3. The lowest BCUT2D eigenvalue weighted by molar-refractivity contribution is -0.114. The lowest BCUT2D eigenvalue weighted by Gasteiger charge is -2.17. The Labute approximate surface area is 138 Å². The summed E-state index contributed by atoms with van der Waals surface area (Å²) in [5, 5.41) is 5.25. The van der Waals surface area contributed by atoms with Crippen LogP contribution in [0.2, 0.25) is 0 Å². The molecule has 0 bridgehead atoms. The molecule has 132 valence electrons. The standard InChI is InChI=1S/C15H20F3N5O/c1-8(2)19-14-21-13(9-4-3-5-10(24)6-9)22-15(23-14)20-11(7-16)12(17)18/h6,8,11-12H,3-5,7H2,1-2H3,(H2,19,20,21,22,23). The number of hydrogen-bond acceptors (Lipinski definition) is 6. The van der Waals surface area contributed by atoms with Crippen LogP contribution in [0.1, 0.15) is 38.9 Å². The van der Waals surface area contributed by atoms with E-state index in [1.807, 2.05) is 13.8 Å². The SMILES string of the molecule is CC(C)Nc1nc(NC(CF)C(F)F)nc(C2=CC(=O)CCC2)n1. The van der Waals surface area contributed by atoms with E-state index in [4.69, 9.17) is 0 Å². The Bertz CT molecular complexity index is 621. The lowest BCUT2D eigenvalue weighted by Crippen LogP contribution is -2.31. The smallest absolute Gasteiger partial charge is 0.261 e. The third-order valence-electron chi connectivity index (χ3n) is 3.33. The van der Waals surface area contributed by atoms with Gasteiger partial charge in [0, 0.05) is 18.0 Å². The van der Waals surface area contributed by atoms with Gasteiger partial charge in [0.2, 0.25) is 11.9 Å². The first-order chi connectivity index (χ1) is 11.4. The summed E-state index contributed by atoms with van der Waals surface area (Å²) in [5.41, 5.74) is 0.623. The van der Waals surface area contributed by atoms with Gasteiger partial charge in [0.15, 0.2) is 11.6 Å². The van der Waals surface area contributed by atoms with Crippen molar-refractivity contribution in [2.24, 2.45) is 0 Å². The summed E-state index contributed by atoms with van der Waals surface area (Å²) in [4.78, 5) is 23.9. The van der Waals surface area contributed by atoms with E-state index in [-0.39, 0.29) is 29.5 Å². The van der Waals surface area contributed by atoms with E-state index < -0.39 is 19.1 Å². The molecule has 6 nitrogen and oxygen atoms in total. The Kier molecular flexibility index (Phi) is 6.10. The molecular weight excluding hydrogens is 323 g/mol. The minimum Gasteiger partial charge on any atom is -0.352 e. The molecular formula is C15H20F3N5O. The first kappa shape index (κ1) is 18.2. The number of nitrogens with one attached hydrogen (secondary N) is 2. The van der Waals surface area contributed by atoms with E-state index >= 15 is 0 Å². The summed E-state index contributed by atoms with van der Waals surface area (Å²) in [6.45, 7) is 2.47. The zero-order valence-corrected chi connectivity index (χ0v) is 13.5. The van der Waals surface area contributed by atoms with E-state index in [9.17, 15) is 18.0 Å². The van der Waals surface area contributed by atoms with Crippen LogP contribution in [0.25, 0.3) is 5.57 Å². The molecule has 0 fully saturated rings. The number of carbonyl (C=O) groups is 1. The van der Waals surface area contributed by atoms with E-state index in [0.29, 0.717) is 24.8 Å². The highest BCUT2D eigenvalue weighted by Gasteiger charge is 2.23. The predicted molar refractivity (Wildman–Crippen MR) is 84.8 cm³/mol. The zero-order chi connectivity index (χ0) is 17.7. The predicted octanol–water partition coefficient (Wildman–Crippen LogP) is 2.84. The van der Waals surface area contributed by atoms with Gasteiger partial charge in [0.25, 0.3) is 6.43 Å². The molecule has 0 aromatic carbocycles. The number of anilines is 2. The average Bonchev–Trinajstić information content (AvgIpc) is 2.51. The largest absolute Gasteiger partial charge is 0.352 e. The van der Waals surface area contributed by atoms with Crippen molar-refractivity contribution in [1.29, 1.82) is 0 Å². The summed E-state index contributed by atoms with van der Waals surface area (Å²) < 4.78 is 38.2. The van der Waals surface area contributed by atoms with Crippen LogP contribution in [0.3, 0.4) is 0 Å². The molecule has 1 aromatic rings. The number of rotatable bonds is 7. The fraction of sp³-hybridized carbons (Fsp3) is 0.600. The van der Waals surface area contributed by atoms with Crippen LogP contribution in [0.5, 0.6) is 0 Å². The summed E-state index contributed by atoms with van der Waals surface area (Å²) in [7, 11) is 0. The average molecular weight is 343 g/mol. The van der Waals surface area contributed by atoms with Crippen molar-refractivity contribution in [2.75, 3.05) is 17.3 Å². The molecule has 9 heteroatoms. The topological polar surface area (TPSA) is 79.8 Å². The molecule has 0 aliphatic heterocycles. The van der Waals surface area contributed by atoms with Crippen LogP contribution in [0, 0.1) is 0 Å². The van der Waals surface area contributed by atoms with Gasteiger partial charge in [0.1, 0.15) is 12.7 Å². The quantitative estimate of drug-likeness (QED) is 0.792. The van der Waals surface area contributed by atoms with Crippen molar-refractivity contribution in [3.05, 3.63) is 11.9 Å². The van der Waals surface area contributed by atoms with Gasteiger partial charge in [-0.2, -0.15) is 15.0 Å². The zero-order valence-electron chi connectivity index (χ0n) is 13.5. The first-order valence-electron chi connectivity index (χ1n) is 7.76. The molecule has 1 aromatic heterocycles. The van der Waals surface area contributed by atoms with Gasteiger partial charge in [-0.3, -0.25) is 4.79 Å². The Morgan fingerprint density at radius 1 is 1.12 bits per heavy atom. The molecule has 2 N–H and O–H groups in total. The molecule has 1 aliphatic rings. The maximum atomic E-state index is 12.8. The van der Waals surface area contributed by atoms with E-state index in [1.54, 1.807) is 0 Å². The van der Waals surface area contributed by atoms with Gasteiger partial charge in [0.05, 0.1) is 0 Å². The summed E-state index contributed by atoms with van der Waals surface area (Å²) in [5.74, 6) is 0.239. The Balaban J connectivity index is 2.35. The Hall–Kier alpha value is -2.19. The third-order valence-corrected chi connectivity index (χ3v) is 3.33. The fourth-order valence-corrected chi connectivity index (χ4v) is 2.21. The number of alkyl halides is 3. The first-order valence-corrected chi connectivity index (χ1v) is 7.76. The van der Waals surface area contributed by atoms with Crippen LogP contribution in [0.15, 0.2) is 6.08 Å². The fourth-order valence-electron chi connectivity index (χ4n) is 2.21. The lowest BCUT2D eigenvalue weighted by atomic mass is 9.98. The van der Waals surface area contributed by atoms with Gasteiger partial charge >= 0.3 is 0 Å². The van der Waals surface area contributed by atoms with Crippen molar-refractivity contribution >= 4 is 23.3 Å². The van der Waals surface area contributed by atoms with Crippen LogP contribution in [-0.4, -0.2) is 45.9 Å². The number of nitrogens with zero attached hydrogens (tertiary/aromatic N) is 3. The van der Waals surface area contributed by atoms with Crippen molar-refractivity contribution in [3.63, 3.8) is 0 Å². The molecule has 2 rings (SSSR count). The number of allylic oxidation sites excluding steroid dienone is 2. The molecule has 24 heavy (non-hydrogen) atoms. The van der Waals surface area contributed by atoms with Crippen molar-refractivity contribution in [1.82, 2.24) is 15.0 Å². The highest BCUT2D eigenvalue weighted by molar-refractivity contribution is 5.97. The second-order valence-electron chi connectivity index (χ2n) is 5.83. The molecule has 1 aliphatic carbocycles. The maximum Gasteiger partial charge on any atom is 0.261 e. The normalized spacial score (nSPS) is 16.3. The third kappa shape index (κ3) is 4.90. The van der Waals surface area contributed by atoms with Crippen molar-refractivity contribution in [3.8, 4) is 0 Å². The van der Waals surface area contributed by atoms with E-state index in [2.05, 4.69) is 25.6 Å². The Morgan fingerprint density at radius 2 is 1.79 bits per heavy atom. The van der Waals surface area contributed by atoms with Crippen LogP contribution in [0.4, 0.5) is 25.1 Å². The molecule has 0 radical (unpaired) electrons. The van der Waals surface area contributed by atoms with E-state index in [1.165, 1.54) is 6.08 Å². The van der Waals surface area contributed by atoms with Gasteiger partial charge in [-0.05, 0) is 32.8 Å². The highest BCUT2D eigenvalue weighted by Crippen LogP contribution is 2.24. The molecule has 0 spiro atoms. The van der Waals surface area contributed by atoms with Crippen molar-refractivity contribution in [2.45, 2.75) is 51.6 Å². The van der Waals surface area contributed by atoms with Gasteiger partial charge in [-0.15, -0.1) is 0 Å². The van der Waals surface area contributed by atoms with Gasteiger partial charge < -0.3 is 10.6 Å².